The molecule has 2 aliphatic carbocycles. The van der Waals surface area contributed by atoms with Crippen molar-refractivity contribution in [3.63, 3.8) is 0 Å². The third-order valence-corrected chi connectivity index (χ3v) is 17.0. The van der Waals surface area contributed by atoms with Crippen molar-refractivity contribution in [2.24, 2.45) is 0 Å². The first-order valence-electron chi connectivity index (χ1n) is 27.0. The van der Waals surface area contributed by atoms with Crippen molar-refractivity contribution >= 4 is 17.1 Å². The standard InChI is InChI=1S/C72H67NO2/c1-67(2,3)44-26-32-52-53-33-27-45(68(4,5)6)39-58(53)72(57(52)38-44)56-24-18-19-25-63(56)74-66-37-31-50(43-62(66)72)73(48-20-14-13-15-21-48)49-30-34-54-51-22-16-17-23-55(51)71(59(54)42-49)60-40-46(69(7,8)9)28-35-64(60)75-65-36-29-47(41-61(65)71)70(10,11)12/h13-43H,1-12H3. The Balaban J connectivity index is 1.10. The van der Waals surface area contributed by atoms with Crippen molar-refractivity contribution in [1.29, 1.82) is 0 Å². The third kappa shape index (κ3) is 6.85. The number of anilines is 3. The number of hydrogen-bond donors (Lipinski definition) is 0. The smallest absolute Gasteiger partial charge is 0.132 e. The van der Waals surface area contributed by atoms with Crippen molar-refractivity contribution in [2.45, 2.75) is 116 Å². The Kier molecular flexibility index (Phi) is 10.0. The molecule has 0 saturated heterocycles. The van der Waals surface area contributed by atoms with Gasteiger partial charge in [0.15, 0.2) is 0 Å². The Bertz CT molecular complexity index is 3700. The highest BCUT2D eigenvalue weighted by Crippen LogP contribution is 2.66. The van der Waals surface area contributed by atoms with E-state index in [-0.39, 0.29) is 21.7 Å². The molecule has 0 unspecified atom stereocenters. The normalized spacial score (nSPS) is 15.1. The minimum absolute atomic E-state index is 0.0697. The molecule has 3 heteroatoms. The van der Waals surface area contributed by atoms with Gasteiger partial charge in [-0.15, -0.1) is 0 Å². The molecule has 2 heterocycles. The second kappa shape index (κ2) is 15.9. The summed E-state index contributed by atoms with van der Waals surface area (Å²) >= 11 is 0. The molecule has 13 rings (SSSR count). The van der Waals surface area contributed by atoms with E-state index in [2.05, 4.69) is 276 Å². The second-order valence-electron chi connectivity index (χ2n) is 25.8. The molecule has 0 fully saturated rings. The van der Waals surface area contributed by atoms with Crippen LogP contribution in [0.4, 0.5) is 17.1 Å². The van der Waals surface area contributed by atoms with E-state index in [0.717, 1.165) is 51.2 Å². The number of hydrogen-bond acceptors (Lipinski definition) is 3. The van der Waals surface area contributed by atoms with Gasteiger partial charge in [0.05, 0.1) is 10.8 Å². The predicted molar refractivity (Wildman–Crippen MR) is 311 cm³/mol. The average Bonchev–Trinajstić information content (AvgIpc) is 3.96. The quantitative estimate of drug-likeness (QED) is 0.176. The van der Waals surface area contributed by atoms with Crippen LogP contribution in [0, 0.1) is 0 Å². The lowest BCUT2D eigenvalue weighted by Gasteiger charge is -2.41. The minimum atomic E-state index is -0.681. The molecule has 372 valence electrons. The van der Waals surface area contributed by atoms with E-state index in [0.29, 0.717) is 0 Å². The Morgan fingerprint density at radius 3 is 1.12 bits per heavy atom. The highest BCUT2D eigenvalue weighted by Gasteiger charge is 2.54. The highest BCUT2D eigenvalue weighted by molar-refractivity contribution is 5.93. The summed E-state index contributed by atoms with van der Waals surface area (Å²) in [5.74, 6) is 3.56. The van der Waals surface area contributed by atoms with Gasteiger partial charge in [0, 0.05) is 39.3 Å². The van der Waals surface area contributed by atoms with Gasteiger partial charge in [0.2, 0.25) is 0 Å². The number of para-hydroxylation sites is 2. The maximum atomic E-state index is 7.11. The largest absolute Gasteiger partial charge is 0.457 e. The summed E-state index contributed by atoms with van der Waals surface area (Å²) in [7, 11) is 0. The van der Waals surface area contributed by atoms with E-state index in [1.54, 1.807) is 0 Å². The first-order valence-corrected chi connectivity index (χ1v) is 27.0. The number of nitrogens with zero attached hydrogens (tertiary/aromatic N) is 1. The van der Waals surface area contributed by atoms with Crippen LogP contribution in [-0.2, 0) is 32.5 Å². The topological polar surface area (TPSA) is 21.7 Å². The lowest BCUT2D eigenvalue weighted by molar-refractivity contribution is 0.433. The molecule has 0 radical (unpaired) electrons. The summed E-state index contributed by atoms with van der Waals surface area (Å²) in [5.41, 5.74) is 21.5. The number of fused-ring (bicyclic) bond motifs is 18. The van der Waals surface area contributed by atoms with Crippen LogP contribution in [0.1, 0.15) is 150 Å². The SMILES string of the molecule is CC(C)(C)c1ccc2c(c1)C1(c3cc(C(C)(C)C)ccc3O2)c2ccccc2-c2ccc(N(c3ccccc3)c3ccc4c(c3)C3(c5ccccc5O4)c4cc(C(C)(C)C)ccc4-c4ccc(C(C)(C)C)cc43)cc21. The average molecular weight is 978 g/mol. The fraction of sp³-hybridized carbons (Fsp3) is 0.250. The van der Waals surface area contributed by atoms with Crippen LogP contribution < -0.4 is 14.4 Å². The van der Waals surface area contributed by atoms with Gasteiger partial charge in [0.25, 0.3) is 0 Å². The number of benzene rings is 9. The zero-order valence-corrected chi connectivity index (χ0v) is 45.7. The lowest BCUT2D eigenvalue weighted by atomic mass is 9.64. The van der Waals surface area contributed by atoms with Crippen LogP contribution in [0.15, 0.2) is 188 Å². The molecular formula is C72H67NO2. The van der Waals surface area contributed by atoms with Gasteiger partial charge in [0.1, 0.15) is 23.0 Å². The van der Waals surface area contributed by atoms with Crippen LogP contribution in [0.5, 0.6) is 23.0 Å². The maximum Gasteiger partial charge on any atom is 0.132 e. The van der Waals surface area contributed by atoms with E-state index < -0.39 is 10.8 Å². The Labute approximate surface area is 444 Å². The number of ether oxygens (including phenoxy) is 2. The fourth-order valence-electron chi connectivity index (χ4n) is 13.0. The van der Waals surface area contributed by atoms with Crippen LogP contribution in [0.3, 0.4) is 0 Å². The molecule has 3 nitrogen and oxygen atoms in total. The van der Waals surface area contributed by atoms with Gasteiger partial charge in [-0.3, -0.25) is 0 Å². The molecule has 0 saturated carbocycles. The van der Waals surface area contributed by atoms with Gasteiger partial charge in [-0.05, 0) is 161 Å². The highest BCUT2D eigenvalue weighted by atomic mass is 16.5. The molecular weight excluding hydrogens is 911 g/mol. The van der Waals surface area contributed by atoms with Crippen molar-refractivity contribution in [2.75, 3.05) is 4.90 Å². The monoisotopic (exact) mass is 978 g/mol. The van der Waals surface area contributed by atoms with Gasteiger partial charge in [-0.2, -0.15) is 0 Å². The molecule has 4 aliphatic rings. The summed E-state index contributed by atoms with van der Waals surface area (Å²) in [4.78, 5) is 2.47. The molecule has 0 aromatic heterocycles. The van der Waals surface area contributed by atoms with Crippen LogP contribution >= 0.6 is 0 Å². The van der Waals surface area contributed by atoms with E-state index >= 15 is 0 Å². The summed E-state index contributed by atoms with van der Waals surface area (Å²) in [5, 5.41) is 0. The molecule has 2 aliphatic heterocycles. The molecule has 0 amide bonds. The molecule has 2 spiro atoms. The Morgan fingerprint density at radius 2 is 0.600 bits per heavy atom. The van der Waals surface area contributed by atoms with Crippen LogP contribution in [-0.4, -0.2) is 0 Å². The molecule has 0 N–H and O–H groups in total. The summed E-state index contributed by atoms with van der Waals surface area (Å²) in [6, 6.07) is 71.3. The molecule has 0 atom stereocenters. The van der Waals surface area contributed by atoms with Crippen LogP contribution in [0.25, 0.3) is 22.3 Å². The van der Waals surface area contributed by atoms with Gasteiger partial charge in [-0.25, -0.2) is 0 Å². The van der Waals surface area contributed by atoms with E-state index in [4.69, 9.17) is 9.47 Å². The second-order valence-corrected chi connectivity index (χ2v) is 25.8. The Hall–Kier alpha value is -7.62. The first-order chi connectivity index (χ1) is 35.7. The molecule has 9 aromatic carbocycles. The minimum Gasteiger partial charge on any atom is -0.457 e. The van der Waals surface area contributed by atoms with Crippen LogP contribution in [0.2, 0.25) is 0 Å². The van der Waals surface area contributed by atoms with Gasteiger partial charge in [-0.1, -0.05) is 198 Å². The van der Waals surface area contributed by atoms with Crippen molar-refractivity contribution in [1.82, 2.24) is 0 Å². The maximum absolute atomic E-state index is 7.11. The van der Waals surface area contributed by atoms with Crippen molar-refractivity contribution < 1.29 is 9.47 Å². The van der Waals surface area contributed by atoms with E-state index in [9.17, 15) is 0 Å². The molecule has 9 aromatic rings. The number of rotatable bonds is 3. The zero-order chi connectivity index (χ0) is 52.2. The fourth-order valence-corrected chi connectivity index (χ4v) is 13.0. The molecule has 75 heavy (non-hydrogen) atoms. The zero-order valence-electron chi connectivity index (χ0n) is 45.7. The predicted octanol–water partition coefficient (Wildman–Crippen LogP) is 19.3. The summed E-state index contributed by atoms with van der Waals surface area (Å²) in [6.45, 7) is 27.8. The van der Waals surface area contributed by atoms with Crippen molar-refractivity contribution in [3.05, 3.63) is 255 Å². The van der Waals surface area contributed by atoms with E-state index in [1.807, 2.05) is 0 Å². The first kappa shape index (κ1) is 47.1. The summed E-state index contributed by atoms with van der Waals surface area (Å²) in [6.07, 6.45) is 0. The third-order valence-electron chi connectivity index (χ3n) is 17.0. The van der Waals surface area contributed by atoms with Gasteiger partial charge >= 0.3 is 0 Å². The Morgan fingerprint density at radius 1 is 0.267 bits per heavy atom. The van der Waals surface area contributed by atoms with Gasteiger partial charge < -0.3 is 14.4 Å². The lowest BCUT2D eigenvalue weighted by Crippen LogP contribution is -2.33. The summed E-state index contributed by atoms with van der Waals surface area (Å²) < 4.78 is 14.2. The van der Waals surface area contributed by atoms with Crippen molar-refractivity contribution in [3.8, 4) is 45.3 Å². The van der Waals surface area contributed by atoms with E-state index in [1.165, 1.54) is 77.9 Å². The molecule has 0 bridgehead atoms.